The average Bonchev–Trinajstić information content (AvgIpc) is 3.08. The number of methoxy groups -OCH3 is 2. The lowest BCUT2D eigenvalue weighted by Crippen LogP contribution is -2.56. The fraction of sp³-hybridized carbons (Fsp3) is 0.800. The highest BCUT2D eigenvalue weighted by molar-refractivity contribution is 6.13. The molecule has 1 saturated heterocycles. The minimum absolute atomic E-state index is 0.00274. The van der Waals surface area contributed by atoms with Gasteiger partial charge in [-0.1, -0.05) is 78.3 Å². The summed E-state index contributed by atoms with van der Waals surface area (Å²) in [5.74, 6) is -1.44. The van der Waals surface area contributed by atoms with Crippen molar-refractivity contribution in [1.82, 2.24) is 4.90 Å². The number of carbonyl (C=O) groups excluding carboxylic acids is 2. The standard InChI is InChI=1S/C38H64BNO8.C2H6/c1-13-15-18-45-33-22-34(42)47-32(14-2)30(39)19-23(3)16-17-31(41)24(4)20-29(21-35(43-11)44-12)37(26(33)6)48-38-27(7)36(40(9)10)25(5)28(8)46-38;1-2/h13,15-17,19,24-30,32-33,35-38H,14,18,20-22H2,1-12H3;1-2H3/b15-13+,17-16+,23-19+;/t24-,25-,26+,27-,28-,29-,30+,32-,33-,36+,37-,38+;/m1./s1. The normalized spacial score (nSPS) is 36.8. The Labute approximate surface area is 306 Å². The highest BCUT2D eigenvalue weighted by Gasteiger charge is 2.45. The van der Waals surface area contributed by atoms with E-state index in [0.29, 0.717) is 25.9 Å². The number of hydrogen-bond acceptors (Lipinski definition) is 9. The van der Waals surface area contributed by atoms with Crippen molar-refractivity contribution < 1.29 is 38.0 Å². The van der Waals surface area contributed by atoms with Crippen LogP contribution in [0.1, 0.15) is 94.9 Å². The number of hydrogen-bond donors (Lipinski definition) is 0. The molecule has 0 bridgehead atoms. The summed E-state index contributed by atoms with van der Waals surface area (Å²) in [6.07, 6.45) is 7.90. The molecule has 2 aliphatic rings. The summed E-state index contributed by atoms with van der Waals surface area (Å²) in [7, 11) is 13.9. The monoisotopic (exact) mass is 704 g/mol. The summed E-state index contributed by atoms with van der Waals surface area (Å²) in [4.78, 5) is 29.4. The quantitative estimate of drug-likeness (QED) is 0.0948. The van der Waals surface area contributed by atoms with Crippen LogP contribution in [-0.4, -0.2) is 102 Å². The first-order chi connectivity index (χ1) is 23.7. The van der Waals surface area contributed by atoms with E-state index in [2.05, 4.69) is 39.8 Å². The fourth-order valence-electron chi connectivity index (χ4n) is 7.31. The lowest BCUT2D eigenvalue weighted by molar-refractivity contribution is -0.280. The predicted molar refractivity (Wildman–Crippen MR) is 202 cm³/mol. The van der Waals surface area contributed by atoms with Crippen molar-refractivity contribution in [3.63, 3.8) is 0 Å². The Morgan fingerprint density at radius 2 is 1.66 bits per heavy atom. The van der Waals surface area contributed by atoms with Crippen molar-refractivity contribution in [2.24, 2.45) is 29.6 Å². The number of carbonyl (C=O) groups is 2. The highest BCUT2D eigenvalue weighted by Crippen LogP contribution is 2.39. The molecule has 0 aromatic heterocycles. The molecule has 0 unspecified atom stereocenters. The highest BCUT2D eigenvalue weighted by atomic mass is 16.7. The van der Waals surface area contributed by atoms with Crippen molar-refractivity contribution in [3.05, 3.63) is 36.0 Å². The Morgan fingerprint density at radius 1 is 1.02 bits per heavy atom. The van der Waals surface area contributed by atoms with Gasteiger partial charge in [-0.15, -0.1) is 0 Å². The molecule has 286 valence electrons. The summed E-state index contributed by atoms with van der Waals surface area (Å²) in [5, 5.41) is 0. The van der Waals surface area contributed by atoms with Gasteiger partial charge in [0.25, 0.3) is 0 Å². The van der Waals surface area contributed by atoms with Crippen molar-refractivity contribution in [1.29, 1.82) is 0 Å². The van der Waals surface area contributed by atoms with Crippen molar-refractivity contribution in [2.45, 2.75) is 144 Å². The van der Waals surface area contributed by atoms with E-state index in [-0.39, 0.29) is 59.9 Å². The number of rotatable bonds is 11. The second kappa shape index (κ2) is 23.7. The van der Waals surface area contributed by atoms with Crippen LogP contribution in [0.4, 0.5) is 0 Å². The smallest absolute Gasteiger partial charge is 0.308 e. The van der Waals surface area contributed by atoms with Gasteiger partial charge in [0.1, 0.15) is 0 Å². The number of ether oxygens (including phenoxy) is 6. The topological polar surface area (TPSA) is 92.8 Å². The minimum Gasteiger partial charge on any atom is -0.462 e. The van der Waals surface area contributed by atoms with Crippen LogP contribution >= 0.6 is 0 Å². The summed E-state index contributed by atoms with van der Waals surface area (Å²) in [6, 6.07) is 0.221. The summed E-state index contributed by atoms with van der Waals surface area (Å²) < 4.78 is 37.5. The van der Waals surface area contributed by atoms with E-state index in [1.807, 2.05) is 66.7 Å². The Bertz CT molecular complexity index is 1080. The zero-order valence-corrected chi connectivity index (χ0v) is 33.7. The van der Waals surface area contributed by atoms with Crippen molar-refractivity contribution in [3.8, 4) is 0 Å². The molecule has 0 aliphatic carbocycles. The largest absolute Gasteiger partial charge is 0.462 e. The number of nitrogens with zero attached hydrogens (tertiary/aromatic N) is 1. The van der Waals surface area contributed by atoms with Gasteiger partial charge in [-0.05, 0) is 71.4 Å². The zero-order chi connectivity index (χ0) is 38.1. The molecule has 9 nitrogen and oxygen atoms in total. The van der Waals surface area contributed by atoms with Gasteiger partial charge in [-0.25, -0.2) is 0 Å². The molecule has 0 amide bonds. The Kier molecular flexibility index (Phi) is 21.9. The molecule has 0 N–H and O–H groups in total. The third-order valence-electron chi connectivity index (χ3n) is 10.3. The SMILES string of the molecule is CC.[B][C@H]1/C=C(C)/C=C/C(=O)[C@H](C)C[C@H](CC(OC)OC)[C@H](O[C@@H]2O[C@H](C)[C@@H](C)[C@H](N(C)C)[C@H]2C)[C@@H](C)[C@H](OC/C=C/C)CC(=O)O[C@@H]1CC. The molecular weight excluding hydrogens is 633 g/mol. The van der Waals surface area contributed by atoms with Gasteiger partial charge >= 0.3 is 5.97 Å². The van der Waals surface area contributed by atoms with Crippen LogP contribution in [0.15, 0.2) is 36.0 Å². The van der Waals surface area contributed by atoms with Crippen LogP contribution in [0.3, 0.4) is 0 Å². The van der Waals surface area contributed by atoms with Gasteiger partial charge in [-0.3, -0.25) is 9.59 Å². The second-order valence-corrected chi connectivity index (χ2v) is 14.2. The molecule has 50 heavy (non-hydrogen) atoms. The van der Waals surface area contributed by atoms with Crippen LogP contribution in [0.25, 0.3) is 0 Å². The van der Waals surface area contributed by atoms with E-state index in [0.717, 1.165) is 5.57 Å². The molecular formula is C40H70BNO8. The molecule has 0 aromatic carbocycles. The van der Waals surface area contributed by atoms with Crippen LogP contribution in [0, 0.1) is 29.6 Å². The number of ketones is 1. The van der Waals surface area contributed by atoms with E-state index in [4.69, 9.17) is 36.3 Å². The molecule has 0 spiro atoms. The third kappa shape index (κ3) is 14.0. The van der Waals surface area contributed by atoms with E-state index < -0.39 is 36.7 Å². The third-order valence-corrected chi connectivity index (χ3v) is 10.3. The van der Waals surface area contributed by atoms with E-state index in [1.54, 1.807) is 26.4 Å². The maximum Gasteiger partial charge on any atom is 0.308 e. The minimum atomic E-state index is -0.561. The number of allylic oxidation sites excluding steroid dienone is 4. The number of esters is 1. The summed E-state index contributed by atoms with van der Waals surface area (Å²) >= 11 is 0. The Hall–Kier alpha value is -1.82. The lowest BCUT2D eigenvalue weighted by atomic mass is 9.78. The van der Waals surface area contributed by atoms with Crippen LogP contribution in [0.2, 0.25) is 5.82 Å². The van der Waals surface area contributed by atoms with Gasteiger partial charge in [-0.2, -0.15) is 0 Å². The molecule has 2 rings (SSSR count). The van der Waals surface area contributed by atoms with Gasteiger partial charge in [0.2, 0.25) is 0 Å². The molecule has 2 aliphatic heterocycles. The fourth-order valence-corrected chi connectivity index (χ4v) is 7.31. The molecule has 10 heteroatoms. The van der Waals surface area contributed by atoms with Gasteiger partial charge in [0, 0.05) is 44.4 Å². The first kappa shape index (κ1) is 46.2. The number of cyclic esters (lactones) is 1. The zero-order valence-electron chi connectivity index (χ0n) is 33.7. The van der Waals surface area contributed by atoms with Crippen LogP contribution in [0.5, 0.6) is 0 Å². The summed E-state index contributed by atoms with van der Waals surface area (Å²) in [6.45, 7) is 20.5. The van der Waals surface area contributed by atoms with Crippen LogP contribution in [-0.2, 0) is 38.0 Å². The maximum atomic E-state index is 13.6. The van der Waals surface area contributed by atoms with Crippen LogP contribution < -0.4 is 0 Å². The first-order valence-electron chi connectivity index (χ1n) is 18.8. The molecule has 12 atom stereocenters. The van der Waals surface area contributed by atoms with Gasteiger partial charge in [0.15, 0.2) is 18.4 Å². The van der Waals surface area contributed by atoms with Gasteiger partial charge in [0.05, 0.1) is 45.3 Å². The Balaban J connectivity index is 0.00000613. The molecule has 0 saturated carbocycles. The first-order valence-corrected chi connectivity index (χ1v) is 18.8. The predicted octanol–water partition coefficient (Wildman–Crippen LogP) is 7.35. The van der Waals surface area contributed by atoms with E-state index in [9.17, 15) is 9.59 Å². The maximum absolute atomic E-state index is 13.6. The molecule has 2 heterocycles. The Morgan fingerprint density at radius 3 is 2.22 bits per heavy atom. The lowest BCUT2D eigenvalue weighted by Gasteiger charge is -2.48. The second-order valence-electron chi connectivity index (χ2n) is 14.2. The van der Waals surface area contributed by atoms with Gasteiger partial charge < -0.3 is 33.3 Å². The summed E-state index contributed by atoms with van der Waals surface area (Å²) in [5.41, 5.74) is 0.824. The molecule has 0 aromatic rings. The van der Waals surface area contributed by atoms with E-state index >= 15 is 0 Å². The average molecular weight is 704 g/mol. The molecule has 2 radical (unpaired) electrons. The molecule has 1 fully saturated rings. The van der Waals surface area contributed by atoms with Crippen molar-refractivity contribution >= 4 is 19.6 Å². The van der Waals surface area contributed by atoms with Crippen molar-refractivity contribution in [2.75, 3.05) is 34.9 Å². The van der Waals surface area contributed by atoms with E-state index in [1.165, 1.54) is 0 Å².